The minimum absolute atomic E-state index is 0.130. The zero-order chi connectivity index (χ0) is 26.8. The fourth-order valence-corrected chi connectivity index (χ4v) is 5.45. The van der Waals surface area contributed by atoms with Crippen LogP contribution in [0.2, 0.25) is 0 Å². The Labute approximate surface area is 233 Å². The van der Waals surface area contributed by atoms with E-state index in [1.807, 2.05) is 79.0 Å². The van der Waals surface area contributed by atoms with E-state index in [-0.39, 0.29) is 12.1 Å². The molecule has 1 aliphatic rings. The number of hydrogen-bond donors (Lipinski definition) is 1. The van der Waals surface area contributed by atoms with E-state index >= 15 is 0 Å². The summed E-state index contributed by atoms with van der Waals surface area (Å²) in [6.07, 6.45) is 1.83. The minimum atomic E-state index is -0.134. The first-order valence-electron chi connectivity index (χ1n) is 12.8. The van der Waals surface area contributed by atoms with Gasteiger partial charge in [-0.15, -0.1) is 0 Å². The van der Waals surface area contributed by atoms with E-state index in [1.165, 1.54) is 0 Å². The number of ether oxygens (including phenoxy) is 2. The van der Waals surface area contributed by atoms with E-state index in [4.69, 9.17) is 26.7 Å². The van der Waals surface area contributed by atoms with Gasteiger partial charge in [0.1, 0.15) is 23.3 Å². The number of para-hydroxylation sites is 1. The fraction of sp³-hybridized carbons (Fsp3) is 0.125. The number of methoxy groups -OCH3 is 1. The topological polar surface area (TPSA) is 51.6 Å². The molecule has 1 fully saturated rings. The molecule has 3 heterocycles. The van der Waals surface area contributed by atoms with Crippen LogP contribution in [0.4, 0.5) is 5.69 Å². The van der Waals surface area contributed by atoms with Gasteiger partial charge in [0.25, 0.3) is 0 Å². The lowest BCUT2D eigenvalue weighted by Crippen LogP contribution is -2.30. The van der Waals surface area contributed by atoms with Gasteiger partial charge in [-0.1, -0.05) is 24.3 Å². The van der Waals surface area contributed by atoms with Crippen LogP contribution in [0, 0.1) is 6.92 Å². The molecular formula is C32H28N4O2S. The highest BCUT2D eigenvalue weighted by molar-refractivity contribution is 7.80. The molecule has 0 amide bonds. The van der Waals surface area contributed by atoms with Crippen molar-refractivity contribution in [3.05, 3.63) is 132 Å². The van der Waals surface area contributed by atoms with E-state index in [2.05, 4.69) is 58.1 Å². The van der Waals surface area contributed by atoms with E-state index in [1.54, 1.807) is 7.11 Å². The Bertz CT molecular complexity index is 1570. The summed E-state index contributed by atoms with van der Waals surface area (Å²) >= 11 is 5.94. The van der Waals surface area contributed by atoms with Gasteiger partial charge < -0.3 is 24.3 Å². The molecule has 6 rings (SSSR count). The van der Waals surface area contributed by atoms with Gasteiger partial charge in [-0.05, 0) is 104 Å². The Kier molecular flexibility index (Phi) is 6.73. The summed E-state index contributed by atoms with van der Waals surface area (Å²) in [6, 6.07) is 36.0. The molecule has 0 unspecified atom stereocenters. The molecule has 0 bridgehead atoms. The highest BCUT2D eigenvalue weighted by atomic mass is 32.1. The molecule has 0 spiro atoms. The summed E-state index contributed by atoms with van der Waals surface area (Å²) in [7, 11) is 1.65. The lowest BCUT2D eigenvalue weighted by atomic mass is 10.0. The molecule has 1 N–H and O–H groups in total. The Hall–Kier alpha value is -4.62. The lowest BCUT2D eigenvalue weighted by molar-refractivity contribution is 0.413. The zero-order valence-electron chi connectivity index (χ0n) is 21.7. The van der Waals surface area contributed by atoms with Crippen molar-refractivity contribution in [1.82, 2.24) is 14.9 Å². The molecule has 39 heavy (non-hydrogen) atoms. The van der Waals surface area contributed by atoms with Crippen molar-refractivity contribution in [3.63, 3.8) is 0 Å². The van der Waals surface area contributed by atoms with Crippen LogP contribution in [0.25, 0.3) is 5.69 Å². The van der Waals surface area contributed by atoms with E-state index in [0.717, 1.165) is 45.7 Å². The molecule has 7 heteroatoms. The summed E-state index contributed by atoms with van der Waals surface area (Å²) in [5, 5.41) is 4.21. The number of pyridine rings is 1. The second-order valence-corrected chi connectivity index (χ2v) is 9.73. The monoisotopic (exact) mass is 532 g/mol. The number of benzene rings is 3. The number of nitrogens with one attached hydrogen (secondary N) is 1. The van der Waals surface area contributed by atoms with Crippen molar-refractivity contribution in [1.29, 1.82) is 0 Å². The molecule has 1 saturated heterocycles. The molecule has 194 valence electrons. The number of anilines is 1. The molecule has 5 aromatic rings. The van der Waals surface area contributed by atoms with Crippen LogP contribution < -0.4 is 19.7 Å². The highest BCUT2D eigenvalue weighted by Gasteiger charge is 2.42. The summed E-state index contributed by atoms with van der Waals surface area (Å²) in [5.74, 6) is 2.27. The van der Waals surface area contributed by atoms with Gasteiger partial charge >= 0.3 is 0 Å². The molecule has 2 atom stereocenters. The molecule has 0 saturated carbocycles. The quantitative estimate of drug-likeness (QED) is 0.225. The van der Waals surface area contributed by atoms with Crippen molar-refractivity contribution >= 4 is 23.0 Å². The third kappa shape index (κ3) is 4.84. The lowest BCUT2D eigenvalue weighted by Gasteiger charge is -2.29. The van der Waals surface area contributed by atoms with Crippen LogP contribution in [0.15, 0.2) is 115 Å². The number of aromatic nitrogens is 2. The van der Waals surface area contributed by atoms with Gasteiger partial charge in [0.05, 0.1) is 18.8 Å². The van der Waals surface area contributed by atoms with E-state index in [0.29, 0.717) is 5.11 Å². The Balaban J connectivity index is 1.38. The number of thiocarbonyl (C=S) groups is 1. The largest absolute Gasteiger partial charge is 0.497 e. The summed E-state index contributed by atoms with van der Waals surface area (Å²) in [5.41, 5.74) is 5.29. The van der Waals surface area contributed by atoms with E-state index < -0.39 is 0 Å². The third-order valence-corrected chi connectivity index (χ3v) is 7.25. The first kappa shape index (κ1) is 24.7. The molecule has 6 nitrogen and oxygen atoms in total. The number of nitrogens with zero attached hydrogens (tertiary/aromatic N) is 3. The van der Waals surface area contributed by atoms with Crippen LogP contribution in [-0.2, 0) is 0 Å². The molecule has 3 aromatic carbocycles. The van der Waals surface area contributed by atoms with Gasteiger partial charge in [-0.2, -0.15) is 0 Å². The minimum Gasteiger partial charge on any atom is -0.497 e. The van der Waals surface area contributed by atoms with E-state index in [9.17, 15) is 0 Å². The zero-order valence-corrected chi connectivity index (χ0v) is 22.5. The SMILES string of the molecule is COc1ccc(Oc2ccc(N3C(=S)N[C@@H](c4ccccn4)[C@@H]3c3ccc(C)n3-c3ccccc3)cc2)cc1. The number of aryl methyl sites for hydroxylation is 1. The van der Waals surface area contributed by atoms with Crippen molar-refractivity contribution < 1.29 is 9.47 Å². The Morgan fingerprint density at radius 2 is 1.41 bits per heavy atom. The average molecular weight is 533 g/mol. The highest BCUT2D eigenvalue weighted by Crippen LogP contribution is 2.43. The average Bonchev–Trinajstić information content (AvgIpc) is 3.54. The van der Waals surface area contributed by atoms with Gasteiger partial charge in [-0.3, -0.25) is 4.98 Å². The first-order valence-corrected chi connectivity index (χ1v) is 13.2. The Morgan fingerprint density at radius 1 is 0.744 bits per heavy atom. The molecule has 0 aliphatic carbocycles. The van der Waals surface area contributed by atoms with Gasteiger partial charge in [0.15, 0.2) is 5.11 Å². The summed E-state index contributed by atoms with van der Waals surface area (Å²) in [6.45, 7) is 2.13. The second-order valence-electron chi connectivity index (χ2n) is 9.34. The van der Waals surface area contributed by atoms with Gasteiger partial charge in [-0.25, -0.2) is 0 Å². The van der Waals surface area contributed by atoms with Gasteiger partial charge in [0.2, 0.25) is 0 Å². The third-order valence-electron chi connectivity index (χ3n) is 6.93. The summed E-state index contributed by atoms with van der Waals surface area (Å²) < 4.78 is 13.6. The van der Waals surface area contributed by atoms with Crippen LogP contribution in [0.3, 0.4) is 0 Å². The van der Waals surface area contributed by atoms with Crippen molar-refractivity contribution in [2.45, 2.75) is 19.0 Å². The van der Waals surface area contributed by atoms with Crippen LogP contribution in [0.1, 0.15) is 29.2 Å². The normalized spacial score (nSPS) is 16.7. The second kappa shape index (κ2) is 10.6. The maximum Gasteiger partial charge on any atom is 0.174 e. The number of hydrogen-bond acceptors (Lipinski definition) is 4. The smallest absolute Gasteiger partial charge is 0.174 e. The Morgan fingerprint density at radius 3 is 2.08 bits per heavy atom. The molecule has 2 aromatic heterocycles. The molecule has 0 radical (unpaired) electrons. The van der Waals surface area contributed by atoms with Crippen LogP contribution in [-0.4, -0.2) is 21.8 Å². The predicted molar refractivity (Wildman–Crippen MR) is 158 cm³/mol. The predicted octanol–water partition coefficient (Wildman–Crippen LogP) is 7.16. The van der Waals surface area contributed by atoms with Crippen molar-refractivity contribution in [2.24, 2.45) is 0 Å². The van der Waals surface area contributed by atoms with Crippen LogP contribution in [0.5, 0.6) is 17.2 Å². The fourth-order valence-electron chi connectivity index (χ4n) is 5.11. The maximum absolute atomic E-state index is 6.07. The van der Waals surface area contributed by atoms with Crippen molar-refractivity contribution in [3.8, 4) is 22.9 Å². The standard InChI is InChI=1S/C32H28N4O2S/c1-22-11-20-29(35(22)23-8-4-3-5-9-23)31-30(28-10-6-7-21-33-28)34-32(39)36(31)24-12-14-26(15-13-24)38-27-18-16-25(37-2)17-19-27/h3-21,30-31H,1-2H3,(H,34,39)/t30-,31-/m0/s1. The first-order chi connectivity index (χ1) is 19.1. The summed E-state index contributed by atoms with van der Waals surface area (Å²) in [4.78, 5) is 6.88. The van der Waals surface area contributed by atoms with Crippen molar-refractivity contribution in [2.75, 3.05) is 12.0 Å². The van der Waals surface area contributed by atoms with Gasteiger partial charge in [0, 0.05) is 29.0 Å². The molecule has 1 aliphatic heterocycles. The number of rotatable bonds is 7. The van der Waals surface area contributed by atoms with Crippen LogP contribution >= 0.6 is 12.2 Å². The molecular weight excluding hydrogens is 504 g/mol. The maximum atomic E-state index is 6.07.